The summed E-state index contributed by atoms with van der Waals surface area (Å²) in [6.45, 7) is 2.84. The lowest BCUT2D eigenvalue weighted by Crippen LogP contribution is -2.32. The molecule has 4 heteroatoms. The molecular formula is C8H14N2O2. The molecule has 3 amide bonds. The number of carbonyl (C=O) groups excluding carboxylic acids is 2. The van der Waals surface area contributed by atoms with E-state index in [9.17, 15) is 9.59 Å². The summed E-state index contributed by atoms with van der Waals surface area (Å²) in [4.78, 5) is 25.2. The SMILES string of the molecule is CCCCN1C(=O)CN(C)C1=O. The van der Waals surface area contributed by atoms with Gasteiger partial charge in [-0.3, -0.25) is 9.69 Å². The molecule has 0 spiro atoms. The predicted molar refractivity (Wildman–Crippen MR) is 44.6 cm³/mol. The maximum absolute atomic E-state index is 11.3. The molecule has 1 saturated heterocycles. The lowest BCUT2D eigenvalue weighted by molar-refractivity contribution is -0.125. The fourth-order valence-electron chi connectivity index (χ4n) is 1.21. The molecule has 0 aromatic rings. The lowest BCUT2D eigenvalue weighted by atomic mass is 10.3. The molecule has 12 heavy (non-hydrogen) atoms. The highest BCUT2D eigenvalue weighted by Crippen LogP contribution is 2.08. The van der Waals surface area contributed by atoms with Crippen molar-refractivity contribution >= 4 is 11.9 Å². The normalized spacial score (nSPS) is 17.8. The average molecular weight is 170 g/mol. The Labute approximate surface area is 72.1 Å². The van der Waals surface area contributed by atoms with Gasteiger partial charge in [0.1, 0.15) is 6.54 Å². The number of urea groups is 1. The fraction of sp³-hybridized carbons (Fsp3) is 0.750. The Morgan fingerprint density at radius 3 is 2.50 bits per heavy atom. The molecular weight excluding hydrogens is 156 g/mol. The quantitative estimate of drug-likeness (QED) is 0.584. The van der Waals surface area contributed by atoms with Crippen LogP contribution in [0.5, 0.6) is 0 Å². The molecule has 0 aromatic heterocycles. The van der Waals surface area contributed by atoms with Gasteiger partial charge in [-0.15, -0.1) is 0 Å². The van der Waals surface area contributed by atoms with E-state index in [1.54, 1.807) is 7.05 Å². The van der Waals surface area contributed by atoms with Gasteiger partial charge in [-0.25, -0.2) is 4.79 Å². The zero-order valence-electron chi connectivity index (χ0n) is 7.54. The average Bonchev–Trinajstić information content (AvgIpc) is 2.25. The minimum atomic E-state index is -0.159. The topological polar surface area (TPSA) is 40.6 Å². The Hall–Kier alpha value is -1.06. The van der Waals surface area contributed by atoms with Crippen LogP contribution in [0.25, 0.3) is 0 Å². The van der Waals surface area contributed by atoms with Gasteiger partial charge < -0.3 is 4.90 Å². The van der Waals surface area contributed by atoms with Gasteiger partial charge in [0.25, 0.3) is 0 Å². The van der Waals surface area contributed by atoms with E-state index in [-0.39, 0.29) is 18.5 Å². The molecule has 0 radical (unpaired) electrons. The summed E-state index contributed by atoms with van der Waals surface area (Å²) in [6.07, 6.45) is 1.89. The molecule has 0 unspecified atom stereocenters. The number of rotatable bonds is 3. The van der Waals surface area contributed by atoms with Gasteiger partial charge in [-0.1, -0.05) is 13.3 Å². The molecule has 1 aliphatic rings. The van der Waals surface area contributed by atoms with Crippen molar-refractivity contribution < 1.29 is 9.59 Å². The van der Waals surface area contributed by atoms with Gasteiger partial charge in [0.05, 0.1) is 0 Å². The number of amides is 3. The zero-order valence-corrected chi connectivity index (χ0v) is 7.54. The number of carbonyl (C=O) groups is 2. The van der Waals surface area contributed by atoms with Crippen molar-refractivity contribution in [1.29, 1.82) is 0 Å². The van der Waals surface area contributed by atoms with Crippen LogP contribution >= 0.6 is 0 Å². The number of imide groups is 1. The fourth-order valence-corrected chi connectivity index (χ4v) is 1.21. The first-order chi connectivity index (χ1) is 5.66. The molecule has 0 bridgehead atoms. The van der Waals surface area contributed by atoms with Crippen molar-refractivity contribution in [2.75, 3.05) is 20.1 Å². The third-order valence-electron chi connectivity index (χ3n) is 1.97. The summed E-state index contributed by atoms with van der Waals surface area (Å²) in [6, 6.07) is -0.159. The van der Waals surface area contributed by atoms with Crippen LogP contribution in [0.1, 0.15) is 19.8 Å². The van der Waals surface area contributed by atoms with Crippen LogP contribution in [0.3, 0.4) is 0 Å². The van der Waals surface area contributed by atoms with Gasteiger partial charge in [-0.05, 0) is 6.42 Å². The smallest absolute Gasteiger partial charge is 0.318 e. The van der Waals surface area contributed by atoms with E-state index in [1.165, 1.54) is 9.80 Å². The minimum Gasteiger partial charge on any atom is -0.318 e. The molecule has 0 aromatic carbocycles. The largest absolute Gasteiger partial charge is 0.326 e. The Morgan fingerprint density at radius 2 is 2.08 bits per heavy atom. The Balaban J connectivity index is 2.52. The third-order valence-corrected chi connectivity index (χ3v) is 1.97. The molecule has 1 fully saturated rings. The molecule has 0 saturated carbocycles. The summed E-state index contributed by atoms with van der Waals surface area (Å²) in [5, 5.41) is 0. The second kappa shape index (κ2) is 3.56. The van der Waals surface area contributed by atoms with Crippen LogP contribution in [0.2, 0.25) is 0 Å². The van der Waals surface area contributed by atoms with E-state index < -0.39 is 0 Å². The van der Waals surface area contributed by atoms with Gasteiger partial charge >= 0.3 is 6.03 Å². The van der Waals surface area contributed by atoms with E-state index in [0.29, 0.717) is 6.54 Å². The predicted octanol–water partition coefficient (Wildman–Crippen LogP) is 0.681. The molecule has 4 nitrogen and oxygen atoms in total. The van der Waals surface area contributed by atoms with E-state index in [2.05, 4.69) is 0 Å². The summed E-state index contributed by atoms with van der Waals surface area (Å²) < 4.78 is 0. The van der Waals surface area contributed by atoms with E-state index >= 15 is 0 Å². The summed E-state index contributed by atoms with van der Waals surface area (Å²) in [7, 11) is 1.65. The van der Waals surface area contributed by atoms with Crippen LogP contribution in [0.15, 0.2) is 0 Å². The summed E-state index contributed by atoms with van der Waals surface area (Å²) >= 11 is 0. The first-order valence-corrected chi connectivity index (χ1v) is 4.22. The third kappa shape index (κ3) is 1.57. The van der Waals surface area contributed by atoms with Gasteiger partial charge in [0, 0.05) is 13.6 Å². The number of unbranched alkanes of at least 4 members (excludes halogenated alkanes) is 1. The lowest BCUT2D eigenvalue weighted by Gasteiger charge is -2.12. The molecule has 0 aliphatic carbocycles. The standard InChI is InChI=1S/C8H14N2O2/c1-3-4-5-10-7(11)6-9(2)8(10)12/h3-6H2,1-2H3. The minimum absolute atomic E-state index is 0.0732. The van der Waals surface area contributed by atoms with Gasteiger partial charge in [-0.2, -0.15) is 0 Å². The molecule has 1 aliphatic heterocycles. The first-order valence-electron chi connectivity index (χ1n) is 4.22. The van der Waals surface area contributed by atoms with E-state index in [1.807, 2.05) is 6.92 Å². The summed E-state index contributed by atoms with van der Waals surface area (Å²) in [5.74, 6) is -0.0732. The molecule has 68 valence electrons. The molecule has 1 rings (SSSR count). The van der Waals surface area contributed by atoms with Crippen molar-refractivity contribution in [2.45, 2.75) is 19.8 Å². The monoisotopic (exact) mass is 170 g/mol. The first kappa shape index (κ1) is 9.03. The Bertz CT molecular complexity index is 203. The van der Waals surface area contributed by atoms with Gasteiger partial charge in [0.15, 0.2) is 0 Å². The van der Waals surface area contributed by atoms with Crippen LogP contribution < -0.4 is 0 Å². The van der Waals surface area contributed by atoms with E-state index in [4.69, 9.17) is 0 Å². The Morgan fingerprint density at radius 1 is 1.42 bits per heavy atom. The highest BCUT2D eigenvalue weighted by molar-refractivity contribution is 6.01. The van der Waals surface area contributed by atoms with Crippen molar-refractivity contribution in [2.24, 2.45) is 0 Å². The molecule has 0 N–H and O–H groups in total. The van der Waals surface area contributed by atoms with Crippen LogP contribution in [0, 0.1) is 0 Å². The van der Waals surface area contributed by atoms with Crippen LogP contribution in [0.4, 0.5) is 4.79 Å². The zero-order chi connectivity index (χ0) is 9.14. The van der Waals surface area contributed by atoms with Crippen LogP contribution in [-0.2, 0) is 4.79 Å². The highest BCUT2D eigenvalue weighted by Gasteiger charge is 2.32. The molecule has 1 heterocycles. The maximum Gasteiger partial charge on any atom is 0.326 e. The number of nitrogens with zero attached hydrogens (tertiary/aromatic N) is 2. The highest BCUT2D eigenvalue weighted by atomic mass is 16.2. The number of likely N-dealkylation sites (N-methyl/N-ethyl adjacent to an activating group) is 1. The van der Waals surface area contributed by atoms with Crippen LogP contribution in [-0.4, -0.2) is 41.9 Å². The van der Waals surface area contributed by atoms with Crippen molar-refractivity contribution in [3.05, 3.63) is 0 Å². The maximum atomic E-state index is 11.3. The van der Waals surface area contributed by atoms with Crippen molar-refractivity contribution in [1.82, 2.24) is 9.80 Å². The second-order valence-electron chi connectivity index (χ2n) is 3.04. The van der Waals surface area contributed by atoms with E-state index in [0.717, 1.165) is 12.8 Å². The number of hydrogen-bond acceptors (Lipinski definition) is 2. The molecule has 0 atom stereocenters. The summed E-state index contributed by atoms with van der Waals surface area (Å²) in [5.41, 5.74) is 0. The second-order valence-corrected chi connectivity index (χ2v) is 3.04. The van der Waals surface area contributed by atoms with Crippen molar-refractivity contribution in [3.8, 4) is 0 Å². The van der Waals surface area contributed by atoms with Gasteiger partial charge in [0.2, 0.25) is 5.91 Å². The Kier molecular flexibility index (Phi) is 2.68. The number of hydrogen-bond donors (Lipinski definition) is 0. The van der Waals surface area contributed by atoms with Crippen molar-refractivity contribution in [3.63, 3.8) is 0 Å².